The normalized spacial score (nSPS) is 23.9. The van der Waals surface area contributed by atoms with Gasteiger partial charge in [0.2, 0.25) is 0 Å². The lowest BCUT2D eigenvalue weighted by atomic mass is 9.99. The lowest BCUT2D eigenvalue weighted by Crippen LogP contribution is -2.17. The van der Waals surface area contributed by atoms with Crippen LogP contribution in [-0.2, 0) is 4.79 Å². The minimum absolute atomic E-state index is 0.0973. The fourth-order valence-corrected chi connectivity index (χ4v) is 2.67. The second-order valence-corrected chi connectivity index (χ2v) is 5.17. The Balaban J connectivity index is 2.27. The Morgan fingerprint density at radius 3 is 2.88 bits per heavy atom. The minimum Gasteiger partial charge on any atom is -0.481 e. The molecule has 1 aliphatic heterocycles. The molecular weight excluding hydrogens is 289 g/mol. The van der Waals surface area contributed by atoms with Gasteiger partial charge in [0.05, 0.1) is 10.4 Å². The molecule has 92 valence electrons. The summed E-state index contributed by atoms with van der Waals surface area (Å²) in [6, 6.07) is 3.24. The summed E-state index contributed by atoms with van der Waals surface area (Å²) in [7, 11) is 0. The van der Waals surface area contributed by atoms with Crippen LogP contribution >= 0.6 is 15.9 Å². The van der Waals surface area contributed by atoms with E-state index in [4.69, 9.17) is 5.11 Å². The summed E-state index contributed by atoms with van der Waals surface area (Å²) in [6.45, 7) is 2.25. The maximum absolute atomic E-state index is 13.6. The number of carboxylic acid groups (broad SMARTS) is 1. The summed E-state index contributed by atoms with van der Waals surface area (Å²) in [5.74, 6) is -1.50. The van der Waals surface area contributed by atoms with Crippen LogP contribution in [0.25, 0.3) is 0 Å². The molecule has 3 nitrogen and oxygen atoms in total. The molecule has 2 rings (SSSR count). The van der Waals surface area contributed by atoms with E-state index in [1.54, 1.807) is 0 Å². The molecule has 17 heavy (non-hydrogen) atoms. The lowest BCUT2D eigenvalue weighted by molar-refractivity contribution is -0.141. The summed E-state index contributed by atoms with van der Waals surface area (Å²) >= 11 is 3.22. The van der Waals surface area contributed by atoms with Crippen LogP contribution < -0.4 is 5.32 Å². The van der Waals surface area contributed by atoms with E-state index in [-0.39, 0.29) is 11.9 Å². The molecule has 1 aromatic rings. The van der Waals surface area contributed by atoms with Gasteiger partial charge in [-0.15, -0.1) is 0 Å². The number of hydrogen-bond donors (Lipinski definition) is 2. The van der Waals surface area contributed by atoms with E-state index in [1.165, 1.54) is 6.07 Å². The first kappa shape index (κ1) is 12.5. The molecule has 0 bridgehead atoms. The summed E-state index contributed by atoms with van der Waals surface area (Å²) < 4.78 is 14.0. The van der Waals surface area contributed by atoms with Crippen molar-refractivity contribution in [2.45, 2.75) is 19.4 Å². The number of aliphatic carboxylic acids is 1. The van der Waals surface area contributed by atoms with Gasteiger partial charge in [0, 0.05) is 12.6 Å². The van der Waals surface area contributed by atoms with E-state index in [1.807, 2.05) is 13.0 Å². The molecule has 0 radical (unpaired) electrons. The number of aryl methyl sites for hydroxylation is 1. The van der Waals surface area contributed by atoms with Crippen LogP contribution in [0, 0.1) is 18.7 Å². The van der Waals surface area contributed by atoms with Gasteiger partial charge in [0.15, 0.2) is 0 Å². The van der Waals surface area contributed by atoms with Crippen LogP contribution in [0.2, 0.25) is 0 Å². The van der Waals surface area contributed by atoms with Crippen molar-refractivity contribution in [1.29, 1.82) is 0 Å². The third-order valence-electron chi connectivity index (χ3n) is 3.06. The van der Waals surface area contributed by atoms with Gasteiger partial charge < -0.3 is 10.4 Å². The van der Waals surface area contributed by atoms with E-state index >= 15 is 0 Å². The van der Waals surface area contributed by atoms with E-state index < -0.39 is 11.9 Å². The van der Waals surface area contributed by atoms with Gasteiger partial charge >= 0.3 is 5.97 Å². The zero-order valence-electron chi connectivity index (χ0n) is 9.34. The summed E-state index contributed by atoms with van der Waals surface area (Å²) in [4.78, 5) is 10.9. The van der Waals surface area contributed by atoms with Gasteiger partial charge in [-0.05, 0) is 46.5 Å². The first-order valence-corrected chi connectivity index (χ1v) is 6.20. The van der Waals surface area contributed by atoms with Gasteiger partial charge in [-0.1, -0.05) is 6.07 Å². The maximum atomic E-state index is 13.6. The van der Waals surface area contributed by atoms with Crippen LogP contribution in [-0.4, -0.2) is 17.6 Å². The van der Waals surface area contributed by atoms with E-state index in [0.29, 0.717) is 17.4 Å². The van der Waals surface area contributed by atoms with Gasteiger partial charge in [0.1, 0.15) is 5.82 Å². The molecular formula is C12H13BrFNO2. The molecule has 0 aromatic heterocycles. The molecule has 1 saturated heterocycles. The fraction of sp³-hybridized carbons (Fsp3) is 0.417. The molecule has 0 amide bonds. The topological polar surface area (TPSA) is 49.3 Å². The van der Waals surface area contributed by atoms with Crippen LogP contribution in [0.4, 0.5) is 4.39 Å². The zero-order valence-corrected chi connectivity index (χ0v) is 10.9. The molecule has 1 aromatic carbocycles. The molecule has 0 saturated carbocycles. The summed E-state index contributed by atoms with van der Waals surface area (Å²) in [5, 5.41) is 12.1. The van der Waals surface area contributed by atoms with Crippen molar-refractivity contribution in [3.05, 3.63) is 33.5 Å². The largest absolute Gasteiger partial charge is 0.481 e. The van der Waals surface area contributed by atoms with Crippen LogP contribution in [0.5, 0.6) is 0 Å². The molecule has 5 heteroatoms. The van der Waals surface area contributed by atoms with Crippen LogP contribution in [0.3, 0.4) is 0 Å². The Hall–Kier alpha value is -0.940. The monoisotopic (exact) mass is 301 g/mol. The van der Waals surface area contributed by atoms with Crippen molar-refractivity contribution in [1.82, 2.24) is 5.32 Å². The first-order valence-electron chi connectivity index (χ1n) is 5.40. The Bertz CT molecular complexity index is 464. The third kappa shape index (κ3) is 2.50. The number of rotatable bonds is 2. The molecule has 2 atom stereocenters. The number of nitrogens with one attached hydrogen (secondary N) is 1. The SMILES string of the molecule is Cc1cc(F)c(Br)c(C2CC(C(=O)O)CN2)c1. The fourth-order valence-electron chi connectivity index (χ4n) is 2.17. The average Bonchev–Trinajstić information content (AvgIpc) is 2.72. The van der Waals surface area contributed by atoms with Crippen LogP contribution in [0.1, 0.15) is 23.6 Å². The maximum Gasteiger partial charge on any atom is 0.307 e. The van der Waals surface area contributed by atoms with Gasteiger partial charge in [-0.3, -0.25) is 4.79 Å². The molecule has 2 unspecified atom stereocenters. The van der Waals surface area contributed by atoms with Crippen molar-refractivity contribution in [3.8, 4) is 0 Å². The van der Waals surface area contributed by atoms with Crippen molar-refractivity contribution in [2.75, 3.05) is 6.54 Å². The third-order valence-corrected chi connectivity index (χ3v) is 3.89. The van der Waals surface area contributed by atoms with Crippen molar-refractivity contribution >= 4 is 21.9 Å². The van der Waals surface area contributed by atoms with E-state index in [0.717, 1.165) is 11.1 Å². The molecule has 1 fully saturated rings. The molecule has 2 N–H and O–H groups in total. The van der Waals surface area contributed by atoms with E-state index in [9.17, 15) is 9.18 Å². The first-order chi connectivity index (χ1) is 7.99. The van der Waals surface area contributed by atoms with Crippen molar-refractivity contribution < 1.29 is 14.3 Å². The Morgan fingerprint density at radius 1 is 1.59 bits per heavy atom. The van der Waals surface area contributed by atoms with Gasteiger partial charge in [-0.2, -0.15) is 0 Å². The number of hydrogen-bond acceptors (Lipinski definition) is 2. The molecule has 0 aliphatic carbocycles. The smallest absolute Gasteiger partial charge is 0.307 e. The standard InChI is InChI=1S/C12H13BrFNO2/c1-6-2-8(11(13)9(14)3-6)10-4-7(5-15-10)12(16)17/h2-3,7,10,15H,4-5H2,1H3,(H,16,17). The van der Waals surface area contributed by atoms with Crippen LogP contribution in [0.15, 0.2) is 16.6 Å². The highest BCUT2D eigenvalue weighted by Crippen LogP contribution is 2.34. The Kier molecular flexibility index (Phi) is 3.49. The van der Waals surface area contributed by atoms with Crippen molar-refractivity contribution in [2.24, 2.45) is 5.92 Å². The molecule has 1 heterocycles. The Labute approximate surface area is 107 Å². The van der Waals surface area contributed by atoms with Gasteiger partial charge in [0.25, 0.3) is 0 Å². The second kappa shape index (κ2) is 4.74. The zero-order chi connectivity index (χ0) is 12.6. The average molecular weight is 302 g/mol. The highest BCUT2D eigenvalue weighted by Gasteiger charge is 2.31. The summed E-state index contributed by atoms with van der Waals surface area (Å²) in [6.07, 6.45) is 0.497. The van der Waals surface area contributed by atoms with Gasteiger partial charge in [-0.25, -0.2) is 4.39 Å². The molecule has 0 spiro atoms. The number of benzene rings is 1. The van der Waals surface area contributed by atoms with Crippen molar-refractivity contribution in [3.63, 3.8) is 0 Å². The highest BCUT2D eigenvalue weighted by atomic mass is 79.9. The lowest BCUT2D eigenvalue weighted by Gasteiger charge is -2.14. The minimum atomic E-state index is -0.802. The predicted molar refractivity (Wildman–Crippen MR) is 65.3 cm³/mol. The second-order valence-electron chi connectivity index (χ2n) is 4.38. The highest BCUT2D eigenvalue weighted by molar-refractivity contribution is 9.10. The summed E-state index contributed by atoms with van der Waals surface area (Å²) in [5.41, 5.74) is 1.63. The number of halogens is 2. The van der Waals surface area contributed by atoms with E-state index in [2.05, 4.69) is 21.2 Å². The predicted octanol–water partition coefficient (Wildman–Crippen LogP) is 2.63. The Morgan fingerprint density at radius 2 is 2.29 bits per heavy atom. The molecule has 1 aliphatic rings. The number of carbonyl (C=O) groups is 1. The number of carboxylic acids is 1. The quantitative estimate of drug-likeness (QED) is 0.883.